The van der Waals surface area contributed by atoms with Crippen molar-refractivity contribution in [2.45, 2.75) is 33.2 Å². The van der Waals surface area contributed by atoms with Crippen molar-refractivity contribution in [1.29, 1.82) is 0 Å². The van der Waals surface area contributed by atoms with Crippen molar-refractivity contribution in [3.05, 3.63) is 21.4 Å². The quantitative estimate of drug-likeness (QED) is 0.891. The number of carbonyl (C=O) groups is 1. The van der Waals surface area contributed by atoms with E-state index in [0.29, 0.717) is 6.04 Å². The van der Waals surface area contributed by atoms with Crippen LogP contribution in [0.1, 0.15) is 33.5 Å². The van der Waals surface area contributed by atoms with Crippen LogP contribution in [0, 0.1) is 13.8 Å². The summed E-state index contributed by atoms with van der Waals surface area (Å²) in [6.07, 6.45) is 1.02. The molecule has 1 aromatic rings. The largest absolute Gasteiger partial charge is 0.332 e. The predicted molar refractivity (Wildman–Crippen MR) is 71.8 cm³/mol. The minimum atomic E-state index is 0.208. The standard InChI is InChI=1S/C13H20N2OS/c1-4-5-15(11-7-14-8-11)13(16)12-6-9(2)10(3)17-12/h6,11,14H,4-5,7-8H2,1-3H3. The lowest BCUT2D eigenvalue weighted by Crippen LogP contribution is -2.58. The zero-order valence-electron chi connectivity index (χ0n) is 10.7. The van der Waals surface area contributed by atoms with E-state index < -0.39 is 0 Å². The molecule has 3 nitrogen and oxygen atoms in total. The highest BCUT2D eigenvalue weighted by atomic mass is 32.1. The summed E-state index contributed by atoms with van der Waals surface area (Å²) in [5.41, 5.74) is 1.22. The highest BCUT2D eigenvalue weighted by molar-refractivity contribution is 7.14. The molecule has 1 saturated heterocycles. The van der Waals surface area contributed by atoms with Gasteiger partial charge in [-0.2, -0.15) is 0 Å². The lowest BCUT2D eigenvalue weighted by atomic mass is 10.1. The molecular formula is C13H20N2OS. The minimum Gasteiger partial charge on any atom is -0.332 e. The molecule has 2 heterocycles. The Kier molecular flexibility index (Phi) is 3.84. The molecule has 0 spiro atoms. The molecule has 0 aliphatic carbocycles. The molecule has 0 radical (unpaired) electrons. The number of hydrogen-bond acceptors (Lipinski definition) is 3. The van der Waals surface area contributed by atoms with Crippen LogP contribution in [0.4, 0.5) is 0 Å². The first-order valence-corrected chi connectivity index (χ1v) is 7.03. The summed E-state index contributed by atoms with van der Waals surface area (Å²) in [5.74, 6) is 0.208. The summed E-state index contributed by atoms with van der Waals surface area (Å²) in [6, 6.07) is 2.42. The fourth-order valence-corrected chi connectivity index (χ4v) is 2.99. The van der Waals surface area contributed by atoms with Gasteiger partial charge in [0.25, 0.3) is 5.91 Å². The Morgan fingerprint density at radius 1 is 1.53 bits per heavy atom. The Labute approximate surface area is 107 Å². The number of nitrogens with one attached hydrogen (secondary N) is 1. The second-order valence-corrected chi connectivity index (χ2v) is 5.92. The van der Waals surface area contributed by atoms with Crippen LogP contribution < -0.4 is 5.32 Å². The lowest BCUT2D eigenvalue weighted by Gasteiger charge is -2.38. The lowest BCUT2D eigenvalue weighted by molar-refractivity contribution is 0.0621. The fourth-order valence-electron chi connectivity index (χ4n) is 2.00. The third kappa shape index (κ3) is 2.53. The second kappa shape index (κ2) is 5.19. The third-order valence-electron chi connectivity index (χ3n) is 3.30. The van der Waals surface area contributed by atoms with Crippen LogP contribution in [0.5, 0.6) is 0 Å². The molecule has 0 bridgehead atoms. The van der Waals surface area contributed by atoms with Crippen molar-refractivity contribution in [3.63, 3.8) is 0 Å². The van der Waals surface area contributed by atoms with Gasteiger partial charge in [0.2, 0.25) is 0 Å². The van der Waals surface area contributed by atoms with Gasteiger partial charge in [0.05, 0.1) is 10.9 Å². The number of thiophene rings is 1. The number of amides is 1. The van der Waals surface area contributed by atoms with Gasteiger partial charge in [-0.1, -0.05) is 6.92 Å². The van der Waals surface area contributed by atoms with Crippen LogP contribution in [-0.2, 0) is 0 Å². The van der Waals surface area contributed by atoms with Crippen molar-refractivity contribution in [3.8, 4) is 0 Å². The van der Waals surface area contributed by atoms with Crippen molar-refractivity contribution in [1.82, 2.24) is 10.2 Å². The molecule has 1 aliphatic heterocycles. The molecule has 17 heavy (non-hydrogen) atoms. The van der Waals surface area contributed by atoms with Gasteiger partial charge >= 0.3 is 0 Å². The van der Waals surface area contributed by atoms with E-state index in [1.165, 1.54) is 10.4 Å². The van der Waals surface area contributed by atoms with E-state index in [4.69, 9.17) is 0 Å². The first-order valence-electron chi connectivity index (χ1n) is 6.22. The third-order valence-corrected chi connectivity index (χ3v) is 4.44. The van der Waals surface area contributed by atoms with Crippen LogP contribution in [-0.4, -0.2) is 36.5 Å². The molecule has 0 aromatic carbocycles. The number of nitrogens with zero attached hydrogens (tertiary/aromatic N) is 1. The number of hydrogen-bond donors (Lipinski definition) is 1. The first-order chi connectivity index (χ1) is 8.13. The molecule has 1 aliphatic rings. The van der Waals surface area contributed by atoms with E-state index in [2.05, 4.69) is 26.1 Å². The molecule has 0 saturated carbocycles. The molecule has 0 atom stereocenters. The molecule has 2 rings (SSSR count). The first kappa shape index (κ1) is 12.6. The normalized spacial score (nSPS) is 15.7. The Bertz CT molecular complexity index is 390. The Morgan fingerprint density at radius 3 is 2.65 bits per heavy atom. The average Bonchev–Trinajstić information content (AvgIpc) is 2.55. The van der Waals surface area contributed by atoms with Crippen LogP contribution in [0.15, 0.2) is 6.07 Å². The van der Waals surface area contributed by atoms with E-state index in [-0.39, 0.29) is 5.91 Å². The van der Waals surface area contributed by atoms with Crippen molar-refractivity contribution >= 4 is 17.2 Å². The zero-order chi connectivity index (χ0) is 12.4. The summed E-state index contributed by atoms with van der Waals surface area (Å²) in [4.78, 5) is 16.6. The van der Waals surface area contributed by atoms with Crippen molar-refractivity contribution in [2.24, 2.45) is 0 Å². The molecular weight excluding hydrogens is 232 g/mol. The maximum absolute atomic E-state index is 12.4. The SMILES string of the molecule is CCCN(C(=O)c1cc(C)c(C)s1)C1CNC1. The summed E-state index contributed by atoms with van der Waals surface area (Å²) < 4.78 is 0. The minimum absolute atomic E-state index is 0.208. The van der Waals surface area contributed by atoms with Gasteiger partial charge in [0, 0.05) is 24.5 Å². The Hall–Kier alpha value is -0.870. The van der Waals surface area contributed by atoms with Gasteiger partial charge in [0.15, 0.2) is 0 Å². The summed E-state index contributed by atoms with van der Waals surface area (Å²) >= 11 is 1.62. The molecule has 1 N–H and O–H groups in total. The van der Waals surface area contributed by atoms with Gasteiger partial charge in [-0.05, 0) is 31.9 Å². The molecule has 1 amide bonds. The van der Waals surface area contributed by atoms with Crippen LogP contribution in [0.2, 0.25) is 0 Å². The van der Waals surface area contributed by atoms with Crippen LogP contribution in [0.3, 0.4) is 0 Å². The summed E-state index contributed by atoms with van der Waals surface area (Å²) in [5, 5.41) is 3.23. The second-order valence-electron chi connectivity index (χ2n) is 4.66. The van der Waals surface area contributed by atoms with Gasteiger partial charge in [0.1, 0.15) is 0 Å². The smallest absolute Gasteiger partial charge is 0.264 e. The number of rotatable bonds is 4. The monoisotopic (exact) mass is 252 g/mol. The number of aryl methyl sites for hydroxylation is 2. The molecule has 94 valence electrons. The van der Waals surface area contributed by atoms with Crippen LogP contribution >= 0.6 is 11.3 Å². The number of carbonyl (C=O) groups excluding carboxylic acids is 1. The van der Waals surface area contributed by atoms with Crippen molar-refractivity contribution < 1.29 is 4.79 Å². The van der Waals surface area contributed by atoms with E-state index in [0.717, 1.165) is 30.9 Å². The zero-order valence-corrected chi connectivity index (χ0v) is 11.6. The van der Waals surface area contributed by atoms with Gasteiger partial charge < -0.3 is 10.2 Å². The van der Waals surface area contributed by atoms with E-state index >= 15 is 0 Å². The maximum Gasteiger partial charge on any atom is 0.264 e. The molecule has 4 heteroatoms. The summed E-state index contributed by atoms with van der Waals surface area (Å²) in [7, 11) is 0. The van der Waals surface area contributed by atoms with Gasteiger partial charge in [-0.25, -0.2) is 0 Å². The topological polar surface area (TPSA) is 32.3 Å². The van der Waals surface area contributed by atoms with E-state index in [9.17, 15) is 4.79 Å². The predicted octanol–water partition coefficient (Wildman–Crippen LogP) is 2.19. The molecule has 0 unspecified atom stereocenters. The maximum atomic E-state index is 12.4. The highest BCUT2D eigenvalue weighted by Crippen LogP contribution is 2.23. The average molecular weight is 252 g/mol. The van der Waals surface area contributed by atoms with Crippen molar-refractivity contribution in [2.75, 3.05) is 19.6 Å². The fraction of sp³-hybridized carbons (Fsp3) is 0.615. The Balaban J connectivity index is 2.14. The molecule has 1 aromatic heterocycles. The van der Waals surface area contributed by atoms with Crippen LogP contribution in [0.25, 0.3) is 0 Å². The molecule has 1 fully saturated rings. The summed E-state index contributed by atoms with van der Waals surface area (Å²) in [6.45, 7) is 9.01. The van der Waals surface area contributed by atoms with E-state index in [1.54, 1.807) is 11.3 Å². The van der Waals surface area contributed by atoms with Gasteiger partial charge in [-0.15, -0.1) is 11.3 Å². The van der Waals surface area contributed by atoms with E-state index in [1.807, 2.05) is 11.0 Å². The van der Waals surface area contributed by atoms with Gasteiger partial charge in [-0.3, -0.25) is 4.79 Å². The highest BCUT2D eigenvalue weighted by Gasteiger charge is 2.29. The Morgan fingerprint density at radius 2 is 2.24 bits per heavy atom.